The highest BCUT2D eigenvalue weighted by Crippen LogP contribution is 2.26. The van der Waals surface area contributed by atoms with E-state index in [1.165, 1.54) is 6.33 Å². The van der Waals surface area contributed by atoms with E-state index in [1.807, 2.05) is 61.5 Å². The fourth-order valence-electron chi connectivity index (χ4n) is 2.42. The highest BCUT2D eigenvalue weighted by molar-refractivity contribution is 5.55. The number of nitrogens with zero attached hydrogens (tertiary/aromatic N) is 5. The Labute approximate surface area is 143 Å². The van der Waals surface area contributed by atoms with Crippen molar-refractivity contribution >= 4 is 0 Å². The fourth-order valence-corrected chi connectivity index (χ4v) is 2.42. The second-order valence-electron chi connectivity index (χ2n) is 5.44. The van der Waals surface area contributed by atoms with Crippen LogP contribution in [-0.2, 0) is 0 Å². The minimum absolute atomic E-state index is 0.309. The van der Waals surface area contributed by atoms with Crippen molar-refractivity contribution < 1.29 is 9.15 Å². The van der Waals surface area contributed by atoms with E-state index in [4.69, 9.17) is 9.15 Å². The third kappa shape index (κ3) is 3.25. The Morgan fingerprint density at radius 2 is 1.84 bits per heavy atom. The highest BCUT2D eigenvalue weighted by atomic mass is 16.5. The molecule has 0 aliphatic heterocycles. The molecular formula is C18H15N5O2. The van der Waals surface area contributed by atoms with Crippen LogP contribution in [0.4, 0.5) is 0 Å². The molecule has 0 aliphatic rings. The first-order valence-corrected chi connectivity index (χ1v) is 7.81. The summed E-state index contributed by atoms with van der Waals surface area (Å²) < 4.78 is 13.3. The molecular weight excluding hydrogens is 318 g/mol. The quantitative estimate of drug-likeness (QED) is 0.556. The molecule has 4 rings (SSSR count). The van der Waals surface area contributed by atoms with Gasteiger partial charge in [0, 0.05) is 5.56 Å². The lowest BCUT2D eigenvalue weighted by molar-refractivity contribution is 0.190. The standard InChI is InChI=1S/C18H15N5O2/c1-13(18-19-11-17(25-18)14-5-3-2-4-6-14)24-16-9-7-15(8-10-16)23-12-20-21-22-23/h2-13H,1H3. The van der Waals surface area contributed by atoms with Gasteiger partial charge in [0.1, 0.15) is 12.1 Å². The number of rotatable bonds is 5. The molecule has 0 spiro atoms. The van der Waals surface area contributed by atoms with Crippen LogP contribution in [0.3, 0.4) is 0 Å². The lowest BCUT2D eigenvalue weighted by atomic mass is 10.2. The topological polar surface area (TPSA) is 78.9 Å². The fraction of sp³-hybridized carbons (Fsp3) is 0.111. The molecule has 1 unspecified atom stereocenters. The normalized spacial score (nSPS) is 12.0. The summed E-state index contributed by atoms with van der Waals surface area (Å²) in [6, 6.07) is 17.3. The van der Waals surface area contributed by atoms with Crippen LogP contribution in [0.15, 0.2) is 71.5 Å². The van der Waals surface area contributed by atoms with Crippen LogP contribution in [0.5, 0.6) is 5.75 Å². The summed E-state index contributed by atoms with van der Waals surface area (Å²) in [6.45, 7) is 1.90. The van der Waals surface area contributed by atoms with Gasteiger partial charge in [-0.25, -0.2) is 9.67 Å². The molecule has 0 bridgehead atoms. The van der Waals surface area contributed by atoms with Gasteiger partial charge in [-0.3, -0.25) is 0 Å². The van der Waals surface area contributed by atoms with E-state index in [2.05, 4.69) is 20.5 Å². The second-order valence-corrected chi connectivity index (χ2v) is 5.44. The molecule has 2 aromatic heterocycles. The predicted octanol–water partition coefficient (Wildman–Crippen LogP) is 3.46. The van der Waals surface area contributed by atoms with Crippen molar-refractivity contribution in [2.75, 3.05) is 0 Å². The van der Waals surface area contributed by atoms with Crippen molar-refractivity contribution in [1.82, 2.24) is 25.2 Å². The van der Waals surface area contributed by atoms with Crippen molar-refractivity contribution in [2.45, 2.75) is 13.0 Å². The molecule has 0 fully saturated rings. The summed E-state index contributed by atoms with van der Waals surface area (Å²) >= 11 is 0. The van der Waals surface area contributed by atoms with Crippen molar-refractivity contribution in [3.63, 3.8) is 0 Å². The zero-order chi connectivity index (χ0) is 17.1. The maximum Gasteiger partial charge on any atom is 0.235 e. The number of oxazole rings is 1. The molecule has 0 saturated heterocycles. The van der Waals surface area contributed by atoms with Crippen LogP contribution in [0.1, 0.15) is 18.9 Å². The lowest BCUT2D eigenvalue weighted by Gasteiger charge is -2.11. The maximum absolute atomic E-state index is 5.90. The molecule has 7 heteroatoms. The SMILES string of the molecule is CC(Oc1ccc(-n2cnnn2)cc1)c1ncc(-c2ccccc2)o1. The van der Waals surface area contributed by atoms with E-state index in [0.29, 0.717) is 11.6 Å². The minimum Gasteiger partial charge on any atom is -0.481 e. The van der Waals surface area contributed by atoms with Gasteiger partial charge in [-0.2, -0.15) is 0 Å². The number of tetrazole rings is 1. The summed E-state index contributed by atoms with van der Waals surface area (Å²) in [5.41, 5.74) is 1.84. The molecule has 0 aliphatic carbocycles. The first-order valence-electron chi connectivity index (χ1n) is 7.81. The molecule has 0 radical (unpaired) electrons. The number of aromatic nitrogens is 5. The van der Waals surface area contributed by atoms with Crippen LogP contribution >= 0.6 is 0 Å². The molecule has 0 amide bonds. The zero-order valence-electron chi connectivity index (χ0n) is 13.5. The van der Waals surface area contributed by atoms with Crippen LogP contribution in [0.2, 0.25) is 0 Å². The van der Waals surface area contributed by atoms with Gasteiger partial charge in [-0.15, -0.1) is 5.10 Å². The Morgan fingerprint density at radius 1 is 1.04 bits per heavy atom. The molecule has 0 saturated carbocycles. The van der Waals surface area contributed by atoms with Crippen molar-refractivity contribution in [2.24, 2.45) is 0 Å². The van der Waals surface area contributed by atoms with Gasteiger partial charge >= 0.3 is 0 Å². The van der Waals surface area contributed by atoms with E-state index in [-0.39, 0.29) is 6.10 Å². The molecule has 7 nitrogen and oxygen atoms in total. The Morgan fingerprint density at radius 3 is 2.56 bits per heavy atom. The van der Waals surface area contributed by atoms with E-state index in [9.17, 15) is 0 Å². The predicted molar refractivity (Wildman–Crippen MR) is 90.1 cm³/mol. The maximum atomic E-state index is 5.90. The summed E-state index contributed by atoms with van der Waals surface area (Å²) in [4.78, 5) is 4.32. The number of benzene rings is 2. The number of ether oxygens (including phenoxy) is 1. The van der Waals surface area contributed by atoms with Gasteiger partial charge < -0.3 is 9.15 Å². The van der Waals surface area contributed by atoms with Gasteiger partial charge in [-0.05, 0) is 41.6 Å². The van der Waals surface area contributed by atoms with Gasteiger partial charge in [0.05, 0.1) is 11.9 Å². The van der Waals surface area contributed by atoms with Crippen LogP contribution < -0.4 is 4.74 Å². The Kier molecular flexibility index (Phi) is 3.96. The Bertz CT molecular complexity index is 933. The highest BCUT2D eigenvalue weighted by Gasteiger charge is 2.15. The van der Waals surface area contributed by atoms with Gasteiger partial charge in [0.25, 0.3) is 0 Å². The number of hydrogen-bond donors (Lipinski definition) is 0. The average molecular weight is 333 g/mol. The van der Waals surface area contributed by atoms with Gasteiger partial charge in [0.2, 0.25) is 5.89 Å². The van der Waals surface area contributed by atoms with Crippen LogP contribution in [-0.4, -0.2) is 25.2 Å². The Hall–Kier alpha value is -3.48. The lowest BCUT2D eigenvalue weighted by Crippen LogP contribution is -2.03. The van der Waals surface area contributed by atoms with Crippen LogP contribution in [0, 0.1) is 0 Å². The minimum atomic E-state index is -0.309. The monoisotopic (exact) mass is 333 g/mol. The summed E-state index contributed by atoms with van der Waals surface area (Å²) in [5.74, 6) is 1.97. The largest absolute Gasteiger partial charge is 0.481 e. The van der Waals surface area contributed by atoms with E-state index in [1.54, 1.807) is 10.9 Å². The third-order valence-electron chi connectivity index (χ3n) is 3.69. The molecule has 0 N–H and O–H groups in total. The molecule has 25 heavy (non-hydrogen) atoms. The van der Waals surface area contributed by atoms with E-state index < -0.39 is 0 Å². The summed E-state index contributed by atoms with van der Waals surface area (Å²) in [6.07, 6.45) is 2.94. The first kappa shape index (κ1) is 15.1. The average Bonchev–Trinajstić information content (AvgIpc) is 3.35. The van der Waals surface area contributed by atoms with Crippen molar-refractivity contribution in [1.29, 1.82) is 0 Å². The summed E-state index contributed by atoms with van der Waals surface area (Å²) in [7, 11) is 0. The van der Waals surface area contributed by atoms with Crippen molar-refractivity contribution in [3.05, 3.63) is 73.0 Å². The molecule has 4 aromatic rings. The smallest absolute Gasteiger partial charge is 0.235 e. The van der Waals surface area contributed by atoms with E-state index in [0.717, 1.165) is 17.0 Å². The second kappa shape index (κ2) is 6.56. The van der Waals surface area contributed by atoms with Gasteiger partial charge in [-0.1, -0.05) is 30.3 Å². The van der Waals surface area contributed by atoms with Crippen LogP contribution in [0.25, 0.3) is 17.0 Å². The molecule has 124 valence electrons. The molecule has 1 atom stereocenters. The zero-order valence-corrected chi connectivity index (χ0v) is 13.5. The molecule has 2 aromatic carbocycles. The molecule has 2 heterocycles. The van der Waals surface area contributed by atoms with E-state index >= 15 is 0 Å². The van der Waals surface area contributed by atoms with Gasteiger partial charge in [0.15, 0.2) is 11.9 Å². The number of hydrogen-bond acceptors (Lipinski definition) is 6. The Balaban J connectivity index is 1.47. The third-order valence-corrected chi connectivity index (χ3v) is 3.69. The van der Waals surface area contributed by atoms with Crippen molar-refractivity contribution in [3.8, 4) is 22.8 Å². The first-order chi connectivity index (χ1) is 12.3. The summed E-state index contributed by atoms with van der Waals surface area (Å²) in [5, 5.41) is 11.1.